The minimum Gasteiger partial charge on any atom is -0.324 e. The summed E-state index contributed by atoms with van der Waals surface area (Å²) >= 11 is 6.42. The van der Waals surface area contributed by atoms with Crippen LogP contribution in [0.3, 0.4) is 0 Å². The summed E-state index contributed by atoms with van der Waals surface area (Å²) in [6.45, 7) is 3.49. The summed E-state index contributed by atoms with van der Waals surface area (Å²) in [4.78, 5) is 20.6. The SMILES string of the molecule is C=CC(=O)Nc1cccc2c1ccn2-c1nc(Nc2ccc(N=S(C)(C)=O)cc2)ncc1Cl. The fourth-order valence-corrected chi connectivity index (χ4v) is 4.03. The lowest BCUT2D eigenvalue weighted by molar-refractivity contribution is -0.111. The van der Waals surface area contributed by atoms with Gasteiger partial charge in [0.25, 0.3) is 0 Å². The molecule has 0 saturated heterocycles. The van der Waals surface area contributed by atoms with Gasteiger partial charge in [0, 0.05) is 39.5 Å². The smallest absolute Gasteiger partial charge is 0.247 e. The van der Waals surface area contributed by atoms with E-state index in [2.05, 4.69) is 31.5 Å². The van der Waals surface area contributed by atoms with Gasteiger partial charge in [-0.05, 0) is 48.5 Å². The number of benzene rings is 2. The maximum absolute atomic E-state index is 11.9. The van der Waals surface area contributed by atoms with Crippen molar-refractivity contribution < 1.29 is 9.00 Å². The molecule has 0 unspecified atom stereocenters. The lowest BCUT2D eigenvalue weighted by Gasteiger charge is -2.11. The number of rotatable bonds is 6. The number of halogens is 1. The molecule has 33 heavy (non-hydrogen) atoms. The zero-order valence-electron chi connectivity index (χ0n) is 17.9. The molecule has 0 aliphatic heterocycles. The first-order valence-corrected chi connectivity index (χ1v) is 12.5. The van der Waals surface area contributed by atoms with E-state index in [4.69, 9.17) is 11.6 Å². The van der Waals surface area contributed by atoms with Crippen molar-refractivity contribution in [2.45, 2.75) is 0 Å². The molecule has 2 aromatic heterocycles. The van der Waals surface area contributed by atoms with Crippen LogP contribution in [0.2, 0.25) is 5.02 Å². The Kier molecular flexibility index (Phi) is 6.17. The molecule has 0 bridgehead atoms. The van der Waals surface area contributed by atoms with Gasteiger partial charge in [0.15, 0.2) is 5.82 Å². The van der Waals surface area contributed by atoms with E-state index in [-0.39, 0.29) is 5.91 Å². The van der Waals surface area contributed by atoms with E-state index >= 15 is 0 Å². The predicted molar refractivity (Wildman–Crippen MR) is 135 cm³/mol. The molecule has 4 rings (SSSR count). The molecule has 0 fully saturated rings. The number of amides is 1. The number of aromatic nitrogens is 3. The minimum absolute atomic E-state index is 0.291. The van der Waals surface area contributed by atoms with Gasteiger partial charge in [0.2, 0.25) is 11.9 Å². The quantitative estimate of drug-likeness (QED) is 0.364. The Labute approximate surface area is 196 Å². The van der Waals surface area contributed by atoms with E-state index < -0.39 is 9.73 Å². The Morgan fingerprint density at radius 1 is 1.18 bits per heavy atom. The predicted octanol–water partition coefficient (Wildman–Crippen LogP) is 5.30. The van der Waals surface area contributed by atoms with Crippen molar-refractivity contribution in [2.75, 3.05) is 23.1 Å². The first-order valence-electron chi connectivity index (χ1n) is 9.84. The van der Waals surface area contributed by atoms with Crippen LogP contribution in [0.1, 0.15) is 0 Å². The van der Waals surface area contributed by atoms with Gasteiger partial charge in [-0.3, -0.25) is 9.36 Å². The van der Waals surface area contributed by atoms with Crippen LogP contribution in [0.5, 0.6) is 0 Å². The molecule has 0 saturated carbocycles. The van der Waals surface area contributed by atoms with Crippen LogP contribution < -0.4 is 10.6 Å². The number of hydrogen-bond donors (Lipinski definition) is 2. The summed E-state index contributed by atoms with van der Waals surface area (Å²) in [6, 6.07) is 14.6. The third-order valence-corrected chi connectivity index (χ3v) is 5.50. The molecular weight excluding hydrogens is 460 g/mol. The van der Waals surface area contributed by atoms with Gasteiger partial charge < -0.3 is 10.6 Å². The second-order valence-electron chi connectivity index (χ2n) is 7.43. The zero-order chi connectivity index (χ0) is 23.6. The zero-order valence-corrected chi connectivity index (χ0v) is 19.5. The van der Waals surface area contributed by atoms with Gasteiger partial charge in [-0.1, -0.05) is 24.2 Å². The van der Waals surface area contributed by atoms with Gasteiger partial charge in [-0.25, -0.2) is 9.19 Å². The van der Waals surface area contributed by atoms with E-state index in [0.717, 1.165) is 16.6 Å². The van der Waals surface area contributed by atoms with Crippen molar-refractivity contribution in [1.29, 1.82) is 0 Å². The summed E-state index contributed by atoms with van der Waals surface area (Å²) in [6.07, 6.45) is 7.75. The third-order valence-electron chi connectivity index (χ3n) is 4.58. The maximum atomic E-state index is 11.9. The van der Waals surface area contributed by atoms with Gasteiger partial charge >= 0.3 is 0 Å². The Morgan fingerprint density at radius 3 is 2.64 bits per heavy atom. The van der Waals surface area contributed by atoms with Crippen LogP contribution in [0.4, 0.5) is 23.0 Å². The summed E-state index contributed by atoms with van der Waals surface area (Å²) in [5.41, 5.74) is 2.85. The number of anilines is 3. The maximum Gasteiger partial charge on any atom is 0.247 e. The standard InChI is InChI=1S/C23H21ClN6O2S/c1-4-21(31)27-19-6-5-7-20-17(19)12-13-30(20)22-18(24)14-25-23(28-22)26-15-8-10-16(11-9-15)29-33(2,3)32/h4-14H,1H2,2-3H3,(H,27,31)(H,25,26,28). The monoisotopic (exact) mass is 480 g/mol. The molecule has 2 heterocycles. The fourth-order valence-electron chi connectivity index (χ4n) is 3.22. The highest BCUT2D eigenvalue weighted by Gasteiger charge is 2.13. The van der Waals surface area contributed by atoms with Crippen molar-refractivity contribution in [3.63, 3.8) is 0 Å². The molecule has 8 nitrogen and oxygen atoms in total. The molecule has 10 heteroatoms. The molecule has 2 aromatic carbocycles. The molecule has 0 spiro atoms. The topological polar surface area (TPSA) is 101 Å². The van der Waals surface area contributed by atoms with Gasteiger partial charge in [0.05, 0.1) is 23.1 Å². The van der Waals surface area contributed by atoms with Crippen molar-refractivity contribution in [2.24, 2.45) is 4.36 Å². The van der Waals surface area contributed by atoms with Gasteiger partial charge in [0.1, 0.15) is 5.02 Å². The minimum atomic E-state index is -2.23. The normalized spacial score (nSPS) is 11.2. The van der Waals surface area contributed by atoms with Crippen LogP contribution in [0, 0.1) is 0 Å². The molecular formula is C23H21ClN6O2S. The van der Waals surface area contributed by atoms with Crippen LogP contribution in [-0.2, 0) is 14.5 Å². The van der Waals surface area contributed by atoms with E-state index in [1.165, 1.54) is 12.3 Å². The van der Waals surface area contributed by atoms with Crippen molar-refractivity contribution in [3.05, 3.63) is 78.6 Å². The number of nitrogens with zero attached hydrogens (tertiary/aromatic N) is 4. The second-order valence-corrected chi connectivity index (χ2v) is 10.4. The molecule has 168 valence electrons. The molecule has 4 aromatic rings. The Bertz CT molecular complexity index is 1480. The van der Waals surface area contributed by atoms with Crippen LogP contribution in [-0.4, -0.2) is 37.2 Å². The number of carbonyl (C=O) groups excluding carboxylic acids is 1. The number of fused-ring (bicyclic) bond motifs is 1. The van der Waals surface area contributed by atoms with E-state index in [1.54, 1.807) is 36.8 Å². The summed E-state index contributed by atoms with van der Waals surface area (Å²) in [7, 11) is -2.23. The molecule has 0 aliphatic rings. The molecule has 0 radical (unpaired) electrons. The van der Waals surface area contributed by atoms with E-state index in [0.29, 0.717) is 28.2 Å². The van der Waals surface area contributed by atoms with Crippen LogP contribution in [0.15, 0.2) is 77.9 Å². The Morgan fingerprint density at radius 2 is 1.94 bits per heavy atom. The highest BCUT2D eigenvalue weighted by Crippen LogP contribution is 2.30. The largest absolute Gasteiger partial charge is 0.324 e. The van der Waals surface area contributed by atoms with Crippen LogP contribution in [0.25, 0.3) is 16.7 Å². The van der Waals surface area contributed by atoms with Crippen molar-refractivity contribution in [3.8, 4) is 5.82 Å². The van der Waals surface area contributed by atoms with Gasteiger partial charge in [-0.15, -0.1) is 0 Å². The van der Waals surface area contributed by atoms with Crippen LogP contribution >= 0.6 is 11.6 Å². The number of hydrogen-bond acceptors (Lipinski definition) is 6. The average Bonchev–Trinajstić information content (AvgIpc) is 3.20. The van der Waals surface area contributed by atoms with E-state index in [9.17, 15) is 9.00 Å². The molecule has 0 atom stereocenters. The molecule has 1 amide bonds. The first-order chi connectivity index (χ1) is 15.7. The average molecular weight is 481 g/mol. The first kappa shape index (κ1) is 22.5. The third kappa shape index (κ3) is 5.21. The lowest BCUT2D eigenvalue weighted by Crippen LogP contribution is -2.07. The fraction of sp³-hybridized carbons (Fsp3) is 0.0870. The Hall–Kier alpha value is -3.69. The summed E-state index contributed by atoms with van der Waals surface area (Å²) < 4.78 is 17.9. The van der Waals surface area contributed by atoms with Crippen molar-refractivity contribution >= 4 is 61.2 Å². The number of nitrogens with one attached hydrogen (secondary N) is 2. The van der Waals surface area contributed by atoms with Crippen molar-refractivity contribution in [1.82, 2.24) is 14.5 Å². The van der Waals surface area contributed by atoms with Gasteiger partial charge in [-0.2, -0.15) is 9.35 Å². The number of carbonyl (C=O) groups is 1. The Balaban J connectivity index is 1.66. The molecule has 2 N–H and O–H groups in total. The summed E-state index contributed by atoms with van der Waals surface area (Å²) in [5, 5.41) is 7.15. The lowest BCUT2D eigenvalue weighted by atomic mass is 10.2. The highest BCUT2D eigenvalue weighted by molar-refractivity contribution is 7.92. The second kappa shape index (κ2) is 9.05. The summed E-state index contributed by atoms with van der Waals surface area (Å²) in [5.74, 6) is 0.548. The highest BCUT2D eigenvalue weighted by atomic mass is 35.5. The van der Waals surface area contributed by atoms with E-state index in [1.807, 2.05) is 35.0 Å². The molecule has 0 aliphatic carbocycles.